The molecule has 2 N–H and O–H groups in total. The molecule has 3 aromatic rings. The van der Waals surface area contributed by atoms with Gasteiger partial charge in [0.15, 0.2) is 0 Å². The lowest BCUT2D eigenvalue weighted by Crippen LogP contribution is -2.40. The SMILES string of the molecule is O=S(=O)(NC1CCC(Nc2ccnc3cc(Cl)ccc23)CC1)c1c(Cl)cc(Cl)cc1Cl. The summed E-state index contributed by atoms with van der Waals surface area (Å²) in [5.41, 5.74) is 1.82. The molecule has 0 unspecified atom stereocenters. The van der Waals surface area contributed by atoms with Crippen LogP contribution in [0, 0.1) is 0 Å². The Morgan fingerprint density at radius 2 is 1.48 bits per heavy atom. The lowest BCUT2D eigenvalue weighted by atomic mass is 9.91. The van der Waals surface area contributed by atoms with Crippen LogP contribution in [-0.2, 0) is 10.0 Å². The third kappa shape index (κ3) is 5.21. The summed E-state index contributed by atoms with van der Waals surface area (Å²) in [6.45, 7) is 0. The van der Waals surface area contributed by atoms with E-state index in [-0.39, 0.29) is 32.0 Å². The van der Waals surface area contributed by atoms with Crippen LogP contribution >= 0.6 is 46.4 Å². The second-order valence-corrected chi connectivity index (χ2v) is 10.9. The Balaban J connectivity index is 1.42. The average Bonchev–Trinajstić information content (AvgIpc) is 2.68. The van der Waals surface area contributed by atoms with Crippen molar-refractivity contribution in [1.29, 1.82) is 0 Å². The molecule has 31 heavy (non-hydrogen) atoms. The van der Waals surface area contributed by atoms with Crippen molar-refractivity contribution in [3.05, 3.63) is 62.7 Å². The van der Waals surface area contributed by atoms with Gasteiger partial charge < -0.3 is 5.32 Å². The quantitative estimate of drug-likeness (QED) is 0.401. The normalized spacial score (nSPS) is 19.5. The van der Waals surface area contributed by atoms with E-state index in [0.29, 0.717) is 17.9 Å². The van der Waals surface area contributed by atoms with Gasteiger partial charge in [0.25, 0.3) is 0 Å². The molecule has 4 rings (SSSR count). The van der Waals surface area contributed by atoms with Gasteiger partial charge in [0.05, 0.1) is 15.6 Å². The van der Waals surface area contributed by atoms with Gasteiger partial charge in [-0.3, -0.25) is 4.98 Å². The van der Waals surface area contributed by atoms with Gasteiger partial charge in [-0.15, -0.1) is 0 Å². The number of aromatic nitrogens is 1. The Morgan fingerprint density at radius 1 is 0.839 bits per heavy atom. The number of hydrogen-bond donors (Lipinski definition) is 2. The second kappa shape index (κ2) is 9.30. The van der Waals surface area contributed by atoms with Crippen LogP contribution in [0.5, 0.6) is 0 Å². The molecular formula is C21H19Cl4N3O2S. The van der Waals surface area contributed by atoms with Gasteiger partial charge in [-0.1, -0.05) is 46.4 Å². The molecule has 1 saturated carbocycles. The van der Waals surface area contributed by atoms with E-state index in [1.54, 1.807) is 6.20 Å². The Labute approximate surface area is 201 Å². The summed E-state index contributed by atoms with van der Waals surface area (Å²) in [4.78, 5) is 4.23. The number of benzene rings is 2. The average molecular weight is 519 g/mol. The van der Waals surface area contributed by atoms with Crippen molar-refractivity contribution >= 4 is 73.0 Å². The molecule has 0 atom stereocenters. The Kier molecular flexibility index (Phi) is 6.87. The van der Waals surface area contributed by atoms with Crippen LogP contribution in [-0.4, -0.2) is 25.5 Å². The van der Waals surface area contributed by atoms with Crippen molar-refractivity contribution in [2.45, 2.75) is 42.7 Å². The summed E-state index contributed by atoms with van der Waals surface area (Å²) >= 11 is 24.1. The predicted octanol–water partition coefficient (Wildman–Crippen LogP) is 6.55. The summed E-state index contributed by atoms with van der Waals surface area (Å²) in [7, 11) is -3.86. The standard InChI is InChI=1S/C21H19Cl4N3O2S/c22-12-1-6-16-19(7-8-26-20(16)11-12)27-14-2-4-15(5-3-14)28-31(29,30)21-17(24)9-13(23)10-18(21)25/h1,6-11,14-15,28H,2-5H2,(H,26,27). The van der Waals surface area contributed by atoms with E-state index in [4.69, 9.17) is 46.4 Å². The molecule has 1 aliphatic carbocycles. The first-order valence-corrected chi connectivity index (χ1v) is 12.7. The monoisotopic (exact) mass is 517 g/mol. The van der Waals surface area contributed by atoms with Gasteiger partial charge in [-0.05, 0) is 62.1 Å². The van der Waals surface area contributed by atoms with Crippen LogP contribution in [0.1, 0.15) is 25.7 Å². The van der Waals surface area contributed by atoms with Crippen molar-refractivity contribution in [1.82, 2.24) is 9.71 Å². The molecule has 0 aliphatic heterocycles. The van der Waals surface area contributed by atoms with Crippen LogP contribution in [0.4, 0.5) is 5.69 Å². The Hall–Kier alpha value is -1.28. The largest absolute Gasteiger partial charge is 0.382 e. The summed E-state index contributed by atoms with van der Waals surface area (Å²) in [5.74, 6) is 0. The maximum atomic E-state index is 12.8. The van der Waals surface area contributed by atoms with Crippen molar-refractivity contribution in [3.63, 3.8) is 0 Å². The number of pyridine rings is 1. The summed E-state index contributed by atoms with van der Waals surface area (Å²) < 4.78 is 28.4. The number of rotatable bonds is 5. The first-order valence-electron chi connectivity index (χ1n) is 9.70. The number of anilines is 1. The molecule has 0 spiro atoms. The highest BCUT2D eigenvalue weighted by molar-refractivity contribution is 7.89. The molecular weight excluding hydrogens is 500 g/mol. The van der Waals surface area contributed by atoms with E-state index in [9.17, 15) is 8.42 Å². The molecule has 10 heteroatoms. The first-order chi connectivity index (χ1) is 14.7. The Morgan fingerprint density at radius 3 is 2.16 bits per heavy atom. The van der Waals surface area contributed by atoms with E-state index >= 15 is 0 Å². The van der Waals surface area contributed by atoms with Crippen LogP contribution < -0.4 is 10.0 Å². The molecule has 5 nitrogen and oxygen atoms in total. The van der Waals surface area contributed by atoms with E-state index in [1.165, 1.54) is 12.1 Å². The summed E-state index contributed by atoms with van der Waals surface area (Å²) in [5, 5.41) is 5.50. The minimum absolute atomic E-state index is 0.00465. The molecule has 0 saturated heterocycles. The lowest BCUT2D eigenvalue weighted by molar-refractivity contribution is 0.387. The highest BCUT2D eigenvalue weighted by Crippen LogP contribution is 2.34. The number of sulfonamides is 1. The van der Waals surface area contributed by atoms with Crippen LogP contribution in [0.3, 0.4) is 0 Å². The lowest BCUT2D eigenvalue weighted by Gasteiger charge is -2.30. The molecule has 0 amide bonds. The van der Waals surface area contributed by atoms with E-state index in [1.807, 2.05) is 24.3 Å². The first kappa shape index (κ1) is 22.9. The Bertz CT molecular complexity index is 1210. The van der Waals surface area contributed by atoms with E-state index in [0.717, 1.165) is 29.4 Å². The highest BCUT2D eigenvalue weighted by atomic mass is 35.5. The molecule has 0 bridgehead atoms. The molecule has 1 aliphatic rings. The minimum Gasteiger partial charge on any atom is -0.382 e. The van der Waals surface area contributed by atoms with Crippen molar-refractivity contribution < 1.29 is 8.42 Å². The van der Waals surface area contributed by atoms with Crippen LogP contribution in [0.25, 0.3) is 10.9 Å². The van der Waals surface area contributed by atoms with Crippen LogP contribution in [0.2, 0.25) is 20.1 Å². The maximum Gasteiger partial charge on any atom is 0.243 e. The fourth-order valence-electron chi connectivity index (χ4n) is 3.89. The second-order valence-electron chi connectivity index (χ2n) is 7.53. The molecule has 164 valence electrons. The minimum atomic E-state index is -3.86. The van der Waals surface area contributed by atoms with Gasteiger partial charge in [0, 0.05) is 39.4 Å². The van der Waals surface area contributed by atoms with Crippen molar-refractivity contribution in [2.24, 2.45) is 0 Å². The molecule has 1 fully saturated rings. The fourth-order valence-corrected chi connectivity index (χ4v) is 6.90. The van der Waals surface area contributed by atoms with E-state index < -0.39 is 10.0 Å². The maximum absolute atomic E-state index is 12.8. The molecule has 1 aromatic heterocycles. The molecule has 1 heterocycles. The highest BCUT2D eigenvalue weighted by Gasteiger charge is 2.29. The van der Waals surface area contributed by atoms with Gasteiger partial charge in [0.1, 0.15) is 4.90 Å². The molecule has 2 aromatic carbocycles. The van der Waals surface area contributed by atoms with Gasteiger partial charge in [-0.25, -0.2) is 13.1 Å². The third-order valence-corrected chi connectivity index (χ3v) is 8.24. The van der Waals surface area contributed by atoms with Crippen molar-refractivity contribution in [3.8, 4) is 0 Å². The number of hydrogen-bond acceptors (Lipinski definition) is 4. The van der Waals surface area contributed by atoms with Gasteiger partial charge >= 0.3 is 0 Å². The van der Waals surface area contributed by atoms with Crippen molar-refractivity contribution in [2.75, 3.05) is 5.32 Å². The zero-order chi connectivity index (χ0) is 22.2. The number of nitrogens with zero attached hydrogens (tertiary/aromatic N) is 1. The number of fused-ring (bicyclic) bond motifs is 1. The molecule has 0 radical (unpaired) electrons. The van der Waals surface area contributed by atoms with E-state index in [2.05, 4.69) is 15.0 Å². The third-order valence-electron chi connectivity index (χ3n) is 5.35. The van der Waals surface area contributed by atoms with Crippen LogP contribution in [0.15, 0.2) is 47.5 Å². The fraction of sp³-hybridized carbons (Fsp3) is 0.286. The summed E-state index contributed by atoms with van der Waals surface area (Å²) in [6, 6.07) is 10.3. The smallest absolute Gasteiger partial charge is 0.243 e. The predicted molar refractivity (Wildman–Crippen MR) is 128 cm³/mol. The number of halogens is 4. The zero-order valence-corrected chi connectivity index (χ0v) is 20.0. The zero-order valence-electron chi connectivity index (χ0n) is 16.2. The summed E-state index contributed by atoms with van der Waals surface area (Å²) in [6.07, 6.45) is 4.75. The van der Waals surface area contributed by atoms with Gasteiger partial charge in [-0.2, -0.15) is 0 Å². The van der Waals surface area contributed by atoms with Gasteiger partial charge in [0.2, 0.25) is 10.0 Å². The topological polar surface area (TPSA) is 71.1 Å². The number of nitrogens with one attached hydrogen (secondary N) is 2.